The molecule has 4 heteroatoms. The van der Waals surface area contributed by atoms with Crippen molar-refractivity contribution < 1.29 is 19.4 Å². The summed E-state index contributed by atoms with van der Waals surface area (Å²) in [7, 11) is 0. The van der Waals surface area contributed by atoms with Crippen LogP contribution in [0.3, 0.4) is 0 Å². The Kier molecular flexibility index (Phi) is 6.69. The van der Waals surface area contributed by atoms with Gasteiger partial charge in [-0.1, -0.05) is 65.0 Å². The number of Topliss-reactive ketones (excluding diaryl/α,β-unsaturated/α-hetero) is 1. The number of hydrogen-bond donors (Lipinski definition) is 1. The van der Waals surface area contributed by atoms with Gasteiger partial charge < -0.3 is 9.84 Å². The monoisotopic (exact) mass is 548 g/mol. The Morgan fingerprint density at radius 2 is 1.55 bits per heavy atom. The largest absolute Gasteiger partial charge is 0.460 e. The zero-order valence-corrected chi connectivity index (χ0v) is 25.8. The van der Waals surface area contributed by atoms with E-state index >= 15 is 0 Å². The van der Waals surface area contributed by atoms with Gasteiger partial charge in [0.2, 0.25) is 0 Å². The highest BCUT2D eigenvalue weighted by Gasteiger charge is 2.72. The summed E-state index contributed by atoms with van der Waals surface area (Å²) in [6.45, 7) is 14.4. The van der Waals surface area contributed by atoms with E-state index in [1.54, 1.807) is 6.92 Å². The number of carbonyl (C=O) groups excluding carboxylic acids is 2. The van der Waals surface area contributed by atoms with Gasteiger partial charge in [0.1, 0.15) is 12.4 Å². The molecular weight excluding hydrogens is 496 g/mol. The second-order valence-electron chi connectivity index (χ2n) is 16.0. The van der Waals surface area contributed by atoms with Gasteiger partial charge in [-0.2, -0.15) is 0 Å². The first-order valence-corrected chi connectivity index (χ1v) is 16.2. The molecule has 1 aromatic rings. The van der Waals surface area contributed by atoms with Crippen LogP contribution in [-0.4, -0.2) is 23.0 Å². The predicted molar refractivity (Wildman–Crippen MR) is 157 cm³/mol. The molecule has 1 N–H and O–H groups in total. The third-order valence-corrected chi connectivity index (χ3v) is 14.6. The van der Waals surface area contributed by atoms with E-state index in [1.165, 1.54) is 19.3 Å². The van der Waals surface area contributed by atoms with Crippen LogP contribution in [0.25, 0.3) is 0 Å². The molecule has 5 saturated carbocycles. The van der Waals surface area contributed by atoms with E-state index in [9.17, 15) is 14.7 Å². The van der Waals surface area contributed by atoms with Crippen molar-refractivity contribution in [3.63, 3.8) is 0 Å². The average molecular weight is 549 g/mol. The van der Waals surface area contributed by atoms with Gasteiger partial charge in [-0.25, -0.2) is 0 Å². The molecule has 0 aliphatic heterocycles. The standard InChI is InChI=1S/C36H52O4/c1-23(37)25-14-19-36(31(39)40-22-24-10-8-7-9-11-24)21-20-34(5)26(30(25)36)12-13-28-33(4)17-16-29(38)32(2,3)27(33)15-18-35(28,34)6/h7-11,25-30,38H,12-22H2,1-6H3/t25-,26?,27-,28+,29+,30-,33-,34+,35+,36-/m0/s1. The van der Waals surface area contributed by atoms with Crippen molar-refractivity contribution in [1.82, 2.24) is 0 Å². The molecule has 0 heterocycles. The lowest BCUT2D eigenvalue weighted by atomic mass is 9.32. The zero-order valence-electron chi connectivity index (χ0n) is 25.8. The van der Waals surface area contributed by atoms with Crippen LogP contribution < -0.4 is 0 Å². The Balaban J connectivity index is 1.34. The van der Waals surface area contributed by atoms with Crippen molar-refractivity contribution in [3.8, 4) is 0 Å². The van der Waals surface area contributed by atoms with Gasteiger partial charge in [-0.3, -0.25) is 9.59 Å². The molecule has 4 nitrogen and oxygen atoms in total. The third kappa shape index (κ3) is 3.72. The highest BCUT2D eigenvalue weighted by molar-refractivity contribution is 5.84. The number of ketones is 1. The van der Waals surface area contributed by atoms with Crippen LogP contribution in [0.4, 0.5) is 0 Å². The molecule has 0 spiro atoms. The number of aliphatic hydroxyl groups excluding tert-OH is 1. The van der Waals surface area contributed by atoms with Crippen molar-refractivity contribution in [2.24, 2.45) is 56.7 Å². The van der Waals surface area contributed by atoms with Crippen LogP contribution in [0.15, 0.2) is 30.3 Å². The van der Waals surface area contributed by atoms with Gasteiger partial charge in [-0.15, -0.1) is 0 Å². The minimum absolute atomic E-state index is 0.0373. The van der Waals surface area contributed by atoms with Gasteiger partial charge >= 0.3 is 5.97 Å². The number of fused-ring (bicyclic) bond motifs is 7. The summed E-state index contributed by atoms with van der Waals surface area (Å²) in [5.41, 5.74) is 0.921. The normalized spacial score (nSPS) is 47.3. The lowest BCUT2D eigenvalue weighted by Crippen LogP contribution is -2.67. The summed E-state index contributed by atoms with van der Waals surface area (Å²) in [4.78, 5) is 27.2. The maximum Gasteiger partial charge on any atom is 0.312 e. The molecule has 5 fully saturated rings. The van der Waals surface area contributed by atoms with Crippen LogP contribution in [0.2, 0.25) is 0 Å². The van der Waals surface area contributed by atoms with Gasteiger partial charge in [0, 0.05) is 5.92 Å². The van der Waals surface area contributed by atoms with Crippen LogP contribution >= 0.6 is 0 Å². The lowest BCUT2D eigenvalue weighted by Gasteiger charge is -2.72. The van der Waals surface area contributed by atoms with Gasteiger partial charge in [0.25, 0.3) is 0 Å². The highest BCUT2D eigenvalue weighted by atomic mass is 16.5. The Hall–Kier alpha value is -1.68. The van der Waals surface area contributed by atoms with Gasteiger partial charge in [-0.05, 0) is 122 Å². The van der Waals surface area contributed by atoms with E-state index in [4.69, 9.17) is 4.74 Å². The summed E-state index contributed by atoms with van der Waals surface area (Å²) >= 11 is 0. The average Bonchev–Trinajstić information content (AvgIpc) is 3.32. The first-order valence-electron chi connectivity index (χ1n) is 16.2. The van der Waals surface area contributed by atoms with Crippen molar-refractivity contribution in [1.29, 1.82) is 0 Å². The summed E-state index contributed by atoms with van der Waals surface area (Å²) in [6.07, 6.45) is 9.91. The quantitative estimate of drug-likeness (QED) is 0.391. The SMILES string of the molecule is CC(=O)[C@@H]1CC[C@]2(C(=O)OCc3ccccc3)CC[C@]3(C)C(CC[C@@H]4[C@@]5(C)CC[C@@H](O)C(C)(C)[C@@H]5CC[C@]43C)[C@H]12. The molecule has 10 atom stereocenters. The summed E-state index contributed by atoms with van der Waals surface area (Å²) in [5, 5.41) is 11.0. The fourth-order valence-corrected chi connectivity index (χ4v) is 12.3. The summed E-state index contributed by atoms with van der Waals surface area (Å²) in [5.74, 6) is 1.77. The topological polar surface area (TPSA) is 63.6 Å². The highest BCUT2D eigenvalue weighted by Crippen LogP contribution is 2.77. The Morgan fingerprint density at radius 3 is 2.25 bits per heavy atom. The second kappa shape index (κ2) is 9.41. The number of rotatable bonds is 4. The Labute approximate surface area is 242 Å². The molecule has 1 aromatic carbocycles. The van der Waals surface area contributed by atoms with Crippen molar-refractivity contribution in [2.75, 3.05) is 0 Å². The van der Waals surface area contributed by atoms with Crippen molar-refractivity contribution in [2.45, 2.75) is 118 Å². The summed E-state index contributed by atoms with van der Waals surface area (Å²) in [6, 6.07) is 9.98. The van der Waals surface area contributed by atoms with E-state index < -0.39 is 5.41 Å². The molecule has 0 radical (unpaired) electrons. The lowest BCUT2D eigenvalue weighted by molar-refractivity contribution is -0.249. The van der Waals surface area contributed by atoms with Crippen molar-refractivity contribution >= 4 is 11.8 Å². The first kappa shape index (κ1) is 28.4. The van der Waals surface area contributed by atoms with Crippen LogP contribution in [0.5, 0.6) is 0 Å². The van der Waals surface area contributed by atoms with Crippen molar-refractivity contribution in [3.05, 3.63) is 35.9 Å². The minimum Gasteiger partial charge on any atom is -0.460 e. The number of hydrogen-bond acceptors (Lipinski definition) is 4. The molecule has 5 aliphatic rings. The number of carbonyl (C=O) groups is 2. The number of aliphatic hydroxyl groups is 1. The van der Waals surface area contributed by atoms with E-state index in [0.717, 1.165) is 50.5 Å². The third-order valence-electron chi connectivity index (χ3n) is 14.6. The molecule has 40 heavy (non-hydrogen) atoms. The van der Waals surface area contributed by atoms with Crippen LogP contribution in [0, 0.1) is 56.7 Å². The predicted octanol–water partition coefficient (Wildman–Crippen LogP) is 7.76. The molecule has 0 amide bonds. The summed E-state index contributed by atoms with van der Waals surface area (Å²) < 4.78 is 6.09. The van der Waals surface area contributed by atoms with E-state index in [-0.39, 0.29) is 51.4 Å². The van der Waals surface area contributed by atoms with E-state index in [0.29, 0.717) is 24.4 Å². The maximum absolute atomic E-state index is 14.1. The van der Waals surface area contributed by atoms with Gasteiger partial charge in [0.15, 0.2) is 0 Å². The molecule has 6 rings (SSSR count). The fraction of sp³-hybridized carbons (Fsp3) is 0.778. The molecular formula is C36H52O4. The fourth-order valence-electron chi connectivity index (χ4n) is 12.3. The number of ether oxygens (including phenoxy) is 1. The molecule has 5 aliphatic carbocycles. The zero-order chi connectivity index (χ0) is 28.7. The molecule has 0 saturated heterocycles. The van der Waals surface area contributed by atoms with Crippen LogP contribution in [0.1, 0.15) is 111 Å². The van der Waals surface area contributed by atoms with Crippen LogP contribution in [-0.2, 0) is 20.9 Å². The molecule has 0 aromatic heterocycles. The smallest absolute Gasteiger partial charge is 0.312 e. The molecule has 220 valence electrons. The van der Waals surface area contributed by atoms with E-state index in [2.05, 4.69) is 34.6 Å². The Morgan fingerprint density at radius 1 is 0.825 bits per heavy atom. The van der Waals surface area contributed by atoms with Gasteiger partial charge in [0.05, 0.1) is 11.5 Å². The Bertz CT molecular complexity index is 1160. The maximum atomic E-state index is 14.1. The second-order valence-corrected chi connectivity index (χ2v) is 16.0. The molecule has 1 unspecified atom stereocenters. The molecule has 0 bridgehead atoms. The number of esters is 1. The van der Waals surface area contributed by atoms with E-state index in [1.807, 2.05) is 30.3 Å². The minimum atomic E-state index is -0.531. The number of benzene rings is 1. The first-order chi connectivity index (χ1) is 18.8.